The van der Waals surface area contributed by atoms with Gasteiger partial charge in [-0.25, -0.2) is 8.42 Å². The monoisotopic (exact) mass is 248 g/mol. The van der Waals surface area contributed by atoms with E-state index in [1.54, 1.807) is 30.3 Å². The van der Waals surface area contributed by atoms with Gasteiger partial charge in [-0.05, 0) is 43.9 Å². The summed E-state index contributed by atoms with van der Waals surface area (Å²) in [6.45, 7) is 0. The Balaban J connectivity index is 2.38. The summed E-state index contributed by atoms with van der Waals surface area (Å²) >= 11 is 0. The van der Waals surface area contributed by atoms with Crippen LogP contribution in [0.1, 0.15) is 25.7 Å². The van der Waals surface area contributed by atoms with Gasteiger partial charge in [0, 0.05) is 0 Å². The lowest BCUT2D eigenvalue weighted by Gasteiger charge is -2.07. The molecule has 2 rings (SSSR count). The maximum atomic E-state index is 12.3. The third kappa shape index (κ3) is 2.86. The number of hydrogen-bond donors (Lipinski definition) is 0. The molecule has 1 aliphatic carbocycles. The number of hydrogen-bond acceptors (Lipinski definition) is 2. The summed E-state index contributed by atoms with van der Waals surface area (Å²) in [5.74, 6) is 0. The van der Waals surface area contributed by atoms with Crippen LogP contribution in [0.3, 0.4) is 0 Å². The van der Waals surface area contributed by atoms with Crippen LogP contribution in [0.5, 0.6) is 0 Å². The van der Waals surface area contributed by atoms with Gasteiger partial charge in [-0.2, -0.15) is 0 Å². The molecule has 0 N–H and O–H groups in total. The topological polar surface area (TPSA) is 34.1 Å². The summed E-state index contributed by atoms with van der Waals surface area (Å²) < 4.78 is 24.7. The quantitative estimate of drug-likeness (QED) is 0.803. The first-order chi connectivity index (χ1) is 8.21. The summed E-state index contributed by atoms with van der Waals surface area (Å²) in [5, 5.41) is 0. The van der Waals surface area contributed by atoms with E-state index >= 15 is 0 Å². The van der Waals surface area contributed by atoms with Crippen molar-refractivity contribution >= 4 is 9.84 Å². The summed E-state index contributed by atoms with van der Waals surface area (Å²) in [6.07, 6.45) is 9.50. The fourth-order valence-corrected chi connectivity index (χ4v) is 3.25. The molecule has 1 aliphatic rings. The van der Waals surface area contributed by atoms with E-state index in [0.29, 0.717) is 9.80 Å². The molecule has 0 spiro atoms. The van der Waals surface area contributed by atoms with Crippen molar-refractivity contribution in [3.8, 4) is 0 Å². The van der Waals surface area contributed by atoms with Gasteiger partial charge in [0.1, 0.15) is 0 Å². The van der Waals surface area contributed by atoms with Crippen LogP contribution < -0.4 is 0 Å². The maximum absolute atomic E-state index is 12.3. The SMILES string of the molecule is O=S(=O)(C1=C/CCCC/C=C\1)c1ccccc1. The maximum Gasteiger partial charge on any atom is 0.206 e. The summed E-state index contributed by atoms with van der Waals surface area (Å²) in [5.41, 5.74) is 0. The Morgan fingerprint density at radius 2 is 1.65 bits per heavy atom. The molecule has 0 bridgehead atoms. The summed E-state index contributed by atoms with van der Waals surface area (Å²) in [4.78, 5) is 0.805. The molecule has 17 heavy (non-hydrogen) atoms. The van der Waals surface area contributed by atoms with E-state index in [-0.39, 0.29) is 0 Å². The zero-order chi connectivity index (χ0) is 12.1. The van der Waals surface area contributed by atoms with Gasteiger partial charge in [-0.1, -0.05) is 30.4 Å². The van der Waals surface area contributed by atoms with Gasteiger partial charge in [0.15, 0.2) is 0 Å². The largest absolute Gasteiger partial charge is 0.219 e. The van der Waals surface area contributed by atoms with Crippen molar-refractivity contribution in [2.45, 2.75) is 30.6 Å². The van der Waals surface area contributed by atoms with Crippen molar-refractivity contribution in [1.82, 2.24) is 0 Å². The highest BCUT2D eigenvalue weighted by Crippen LogP contribution is 2.22. The zero-order valence-corrected chi connectivity index (χ0v) is 10.5. The highest BCUT2D eigenvalue weighted by Gasteiger charge is 2.18. The lowest BCUT2D eigenvalue weighted by molar-refractivity contribution is 0.602. The van der Waals surface area contributed by atoms with Crippen molar-refractivity contribution in [1.29, 1.82) is 0 Å². The van der Waals surface area contributed by atoms with Gasteiger partial charge < -0.3 is 0 Å². The number of rotatable bonds is 2. The second-order valence-corrected chi connectivity index (χ2v) is 6.06. The van der Waals surface area contributed by atoms with E-state index < -0.39 is 9.84 Å². The molecule has 0 atom stereocenters. The van der Waals surface area contributed by atoms with Crippen molar-refractivity contribution < 1.29 is 8.42 Å². The fraction of sp³-hybridized carbons (Fsp3) is 0.286. The van der Waals surface area contributed by atoms with E-state index in [1.807, 2.05) is 18.2 Å². The first-order valence-corrected chi connectivity index (χ1v) is 7.36. The molecular formula is C14H16O2S. The molecule has 90 valence electrons. The molecule has 0 radical (unpaired) electrons. The van der Waals surface area contributed by atoms with Gasteiger partial charge in [-0.15, -0.1) is 0 Å². The molecule has 0 saturated carbocycles. The van der Waals surface area contributed by atoms with E-state index in [2.05, 4.69) is 0 Å². The molecule has 0 aliphatic heterocycles. The Kier molecular flexibility index (Phi) is 3.79. The second kappa shape index (κ2) is 5.32. The predicted molar refractivity (Wildman–Crippen MR) is 69.3 cm³/mol. The number of benzene rings is 1. The van der Waals surface area contributed by atoms with Crippen molar-refractivity contribution in [2.24, 2.45) is 0 Å². The molecule has 0 fully saturated rings. The third-order valence-electron chi connectivity index (χ3n) is 2.82. The first kappa shape index (κ1) is 12.1. The predicted octanol–water partition coefficient (Wildman–Crippen LogP) is 3.47. The molecule has 0 aromatic heterocycles. The van der Waals surface area contributed by atoms with Crippen molar-refractivity contribution in [3.63, 3.8) is 0 Å². The molecule has 1 aromatic rings. The van der Waals surface area contributed by atoms with E-state index in [9.17, 15) is 8.42 Å². The fourth-order valence-electron chi connectivity index (χ4n) is 1.85. The average Bonchev–Trinajstić information content (AvgIpc) is 2.29. The lowest BCUT2D eigenvalue weighted by atomic mass is 10.1. The first-order valence-electron chi connectivity index (χ1n) is 5.88. The van der Waals surface area contributed by atoms with Gasteiger partial charge >= 0.3 is 0 Å². The van der Waals surface area contributed by atoms with Crippen molar-refractivity contribution in [3.05, 3.63) is 53.5 Å². The smallest absolute Gasteiger partial charge is 0.206 e. The van der Waals surface area contributed by atoms with Gasteiger partial charge in [0.25, 0.3) is 0 Å². The van der Waals surface area contributed by atoms with E-state index in [1.165, 1.54) is 0 Å². The summed E-state index contributed by atoms with van der Waals surface area (Å²) in [7, 11) is -3.33. The van der Waals surface area contributed by atoms with Crippen molar-refractivity contribution in [2.75, 3.05) is 0 Å². The minimum absolute atomic E-state index is 0.372. The highest BCUT2D eigenvalue weighted by atomic mass is 32.2. The molecule has 0 heterocycles. The summed E-state index contributed by atoms with van der Waals surface area (Å²) in [6, 6.07) is 8.60. The molecule has 3 heteroatoms. The van der Waals surface area contributed by atoms with Gasteiger partial charge in [0.05, 0.1) is 9.80 Å². The Hall–Kier alpha value is -1.35. The van der Waals surface area contributed by atoms with Crippen LogP contribution in [0.2, 0.25) is 0 Å². The minimum Gasteiger partial charge on any atom is -0.219 e. The van der Waals surface area contributed by atoms with E-state index in [4.69, 9.17) is 0 Å². The molecule has 0 saturated heterocycles. The Bertz CT molecular complexity index is 525. The molecule has 2 nitrogen and oxygen atoms in total. The van der Waals surface area contributed by atoms with Gasteiger partial charge in [0.2, 0.25) is 9.84 Å². The molecule has 0 unspecified atom stereocenters. The number of sulfone groups is 1. The lowest BCUT2D eigenvalue weighted by Crippen LogP contribution is -2.03. The Morgan fingerprint density at radius 1 is 0.941 bits per heavy atom. The van der Waals surface area contributed by atoms with Crippen LogP contribution in [0.25, 0.3) is 0 Å². The number of allylic oxidation sites excluding steroid dienone is 3. The Morgan fingerprint density at radius 3 is 2.41 bits per heavy atom. The van der Waals surface area contributed by atoms with Crippen LogP contribution in [0.4, 0.5) is 0 Å². The third-order valence-corrected chi connectivity index (χ3v) is 4.63. The van der Waals surface area contributed by atoms with Gasteiger partial charge in [-0.3, -0.25) is 0 Å². The van der Waals surface area contributed by atoms with Crippen LogP contribution in [0.15, 0.2) is 58.4 Å². The molecule has 1 aromatic carbocycles. The average molecular weight is 248 g/mol. The minimum atomic E-state index is -3.33. The highest BCUT2D eigenvalue weighted by molar-refractivity contribution is 7.95. The zero-order valence-electron chi connectivity index (χ0n) is 9.67. The standard InChI is InChI=1S/C14H16O2S/c15-17(16,14-11-7-4-8-12-14)13-9-5-2-1-3-6-10-13/h4-5,7-12H,1-3,6H2/b9-5-,13-10+. The van der Waals surface area contributed by atoms with Crippen LogP contribution in [-0.2, 0) is 9.84 Å². The molecule has 0 amide bonds. The Labute approximate surface area is 103 Å². The van der Waals surface area contributed by atoms with E-state index in [0.717, 1.165) is 25.7 Å². The normalized spacial score (nSPS) is 22.0. The molecular weight excluding hydrogens is 232 g/mol. The van der Waals surface area contributed by atoms with Crippen LogP contribution >= 0.6 is 0 Å². The van der Waals surface area contributed by atoms with Crippen LogP contribution in [0, 0.1) is 0 Å². The van der Waals surface area contributed by atoms with Crippen LogP contribution in [-0.4, -0.2) is 8.42 Å². The second-order valence-electron chi connectivity index (χ2n) is 4.11.